The molecule has 1 aromatic carbocycles. The van der Waals surface area contributed by atoms with Crippen LogP contribution in [0.4, 0.5) is 0 Å². The van der Waals surface area contributed by atoms with E-state index in [1.807, 2.05) is 0 Å². The molecule has 5 heteroatoms. The number of carbonyl (C=O) groups is 1. The minimum absolute atomic E-state index is 0.419. The fourth-order valence-corrected chi connectivity index (χ4v) is 1.59. The monoisotopic (exact) mass is 234 g/mol. The zero-order chi connectivity index (χ0) is 10.7. The number of methoxy groups -OCH3 is 1. The van der Waals surface area contributed by atoms with Gasteiger partial charge in [-0.2, -0.15) is 0 Å². The van der Waals surface area contributed by atoms with Crippen LogP contribution in [-0.4, -0.2) is 13.1 Å². The molecule has 76 valence electrons. The number of benzene rings is 1. The molecule has 0 aliphatic carbocycles. The lowest BCUT2D eigenvalue weighted by Gasteiger charge is -2.08. The van der Waals surface area contributed by atoms with Gasteiger partial charge in [-0.25, -0.2) is 4.79 Å². The lowest BCUT2D eigenvalue weighted by Crippen LogP contribution is -2.57. The molecule has 1 rings (SSSR count). The number of ether oxygens (including phenoxy) is 1. The van der Waals surface area contributed by atoms with Gasteiger partial charge in [-0.15, -0.1) is 0 Å². The summed E-state index contributed by atoms with van der Waals surface area (Å²) in [5.74, 6) is -0.422. The summed E-state index contributed by atoms with van der Waals surface area (Å²) in [4.78, 5) is 11.2. The van der Waals surface area contributed by atoms with E-state index in [9.17, 15) is 4.79 Å². The van der Waals surface area contributed by atoms with Crippen LogP contribution in [0.5, 0.6) is 0 Å². The zero-order valence-electron chi connectivity index (χ0n) is 7.59. The maximum atomic E-state index is 11.2. The number of quaternary nitrogens is 1. The molecule has 0 heterocycles. The predicted octanol–water partition coefficient (Wildman–Crippen LogP) is 1.45. The molecule has 0 unspecified atom stereocenters. The number of carbonyl (C=O) groups excluding carboxylic acids is 1. The molecule has 0 bridgehead atoms. The Morgan fingerprint density at radius 3 is 2.64 bits per heavy atom. The second-order valence-electron chi connectivity index (χ2n) is 2.74. The van der Waals surface area contributed by atoms with Crippen LogP contribution in [0.1, 0.15) is 11.6 Å². The maximum Gasteiger partial charge on any atom is 0.369 e. The van der Waals surface area contributed by atoms with Crippen molar-refractivity contribution in [3.05, 3.63) is 33.8 Å². The largest absolute Gasteiger partial charge is 0.464 e. The average Bonchev–Trinajstić information content (AvgIpc) is 2.15. The van der Waals surface area contributed by atoms with Crippen LogP contribution in [0.15, 0.2) is 18.2 Å². The van der Waals surface area contributed by atoms with Gasteiger partial charge in [0, 0.05) is 10.6 Å². The second kappa shape index (κ2) is 4.64. The van der Waals surface area contributed by atoms with Crippen molar-refractivity contribution in [1.82, 2.24) is 0 Å². The summed E-state index contributed by atoms with van der Waals surface area (Å²) >= 11 is 11.6. The van der Waals surface area contributed by atoms with E-state index in [2.05, 4.69) is 10.5 Å². The van der Waals surface area contributed by atoms with Gasteiger partial charge < -0.3 is 10.5 Å². The van der Waals surface area contributed by atoms with Gasteiger partial charge in [-0.1, -0.05) is 23.2 Å². The number of rotatable bonds is 2. The summed E-state index contributed by atoms with van der Waals surface area (Å²) in [5.41, 5.74) is 4.28. The highest BCUT2D eigenvalue weighted by Crippen LogP contribution is 2.24. The summed E-state index contributed by atoms with van der Waals surface area (Å²) in [5, 5.41) is 0.943. The zero-order valence-corrected chi connectivity index (χ0v) is 9.10. The summed E-state index contributed by atoms with van der Waals surface area (Å²) in [6.45, 7) is 0. The minimum Gasteiger partial charge on any atom is -0.464 e. The molecule has 0 aromatic heterocycles. The van der Waals surface area contributed by atoms with Crippen LogP contribution in [0.2, 0.25) is 10.0 Å². The SMILES string of the molecule is COC(=O)[C@@H]([NH3+])c1ccc(Cl)cc1Cl. The molecule has 14 heavy (non-hydrogen) atoms. The molecular formula is C9H10Cl2NO2+. The summed E-state index contributed by atoms with van der Waals surface area (Å²) in [6.07, 6.45) is 0. The van der Waals surface area contributed by atoms with E-state index >= 15 is 0 Å². The summed E-state index contributed by atoms with van der Waals surface area (Å²) < 4.78 is 4.56. The molecule has 0 fully saturated rings. The van der Waals surface area contributed by atoms with Crippen molar-refractivity contribution < 1.29 is 15.3 Å². The van der Waals surface area contributed by atoms with Crippen molar-refractivity contribution in [3.8, 4) is 0 Å². The molecule has 0 amide bonds. The Morgan fingerprint density at radius 1 is 1.50 bits per heavy atom. The van der Waals surface area contributed by atoms with E-state index < -0.39 is 12.0 Å². The van der Waals surface area contributed by atoms with E-state index in [-0.39, 0.29) is 0 Å². The van der Waals surface area contributed by atoms with Crippen molar-refractivity contribution >= 4 is 29.2 Å². The lowest BCUT2D eigenvalue weighted by atomic mass is 10.1. The van der Waals surface area contributed by atoms with E-state index in [0.717, 1.165) is 0 Å². The van der Waals surface area contributed by atoms with Crippen LogP contribution >= 0.6 is 23.2 Å². The van der Waals surface area contributed by atoms with Gasteiger partial charge in [0.05, 0.1) is 12.1 Å². The van der Waals surface area contributed by atoms with Gasteiger partial charge in [-0.3, -0.25) is 0 Å². The van der Waals surface area contributed by atoms with Crippen LogP contribution in [0, 0.1) is 0 Å². The van der Waals surface area contributed by atoms with Crippen molar-refractivity contribution in [2.45, 2.75) is 6.04 Å². The Labute approximate surface area is 91.7 Å². The Hall–Kier alpha value is -0.770. The number of hydrogen-bond acceptors (Lipinski definition) is 2. The van der Waals surface area contributed by atoms with Crippen LogP contribution < -0.4 is 5.73 Å². The average molecular weight is 235 g/mol. The van der Waals surface area contributed by atoms with Gasteiger partial charge in [0.1, 0.15) is 0 Å². The quantitative estimate of drug-likeness (QED) is 0.788. The first-order valence-corrected chi connectivity index (χ1v) is 4.67. The molecule has 0 aliphatic rings. The van der Waals surface area contributed by atoms with Crippen LogP contribution in [-0.2, 0) is 9.53 Å². The van der Waals surface area contributed by atoms with Crippen LogP contribution in [0.3, 0.4) is 0 Å². The molecule has 0 saturated carbocycles. The van der Waals surface area contributed by atoms with Crippen LogP contribution in [0.25, 0.3) is 0 Å². The van der Waals surface area contributed by atoms with Crippen molar-refractivity contribution in [2.24, 2.45) is 0 Å². The normalized spacial score (nSPS) is 12.3. The molecule has 1 aromatic rings. The Kier molecular flexibility index (Phi) is 3.75. The molecule has 3 N–H and O–H groups in total. The van der Waals surface area contributed by atoms with Crippen molar-refractivity contribution in [2.75, 3.05) is 7.11 Å². The summed E-state index contributed by atoms with van der Waals surface area (Å²) in [7, 11) is 1.31. The molecule has 1 atom stereocenters. The third kappa shape index (κ3) is 2.38. The number of esters is 1. The Morgan fingerprint density at radius 2 is 2.14 bits per heavy atom. The topological polar surface area (TPSA) is 53.9 Å². The molecular weight excluding hydrogens is 225 g/mol. The molecule has 0 radical (unpaired) electrons. The van der Waals surface area contributed by atoms with E-state index in [1.54, 1.807) is 18.2 Å². The van der Waals surface area contributed by atoms with Crippen molar-refractivity contribution in [1.29, 1.82) is 0 Å². The predicted molar refractivity (Wildman–Crippen MR) is 54.1 cm³/mol. The first-order chi connectivity index (χ1) is 6.56. The molecule has 0 saturated heterocycles. The third-order valence-electron chi connectivity index (χ3n) is 1.82. The highest BCUT2D eigenvalue weighted by atomic mass is 35.5. The highest BCUT2D eigenvalue weighted by Gasteiger charge is 2.22. The fourth-order valence-electron chi connectivity index (χ4n) is 1.05. The third-order valence-corrected chi connectivity index (χ3v) is 2.39. The number of halogens is 2. The standard InChI is InChI=1S/C9H9Cl2NO2/c1-14-9(13)8(12)6-3-2-5(10)4-7(6)11/h2-4,8H,12H2,1H3/p+1/t8-/m0/s1. The Balaban J connectivity index is 3.01. The van der Waals surface area contributed by atoms with Gasteiger partial charge in [-0.05, 0) is 18.2 Å². The smallest absolute Gasteiger partial charge is 0.369 e. The van der Waals surface area contributed by atoms with Gasteiger partial charge >= 0.3 is 5.97 Å². The highest BCUT2D eigenvalue weighted by molar-refractivity contribution is 6.35. The first kappa shape index (κ1) is 11.3. The second-order valence-corrected chi connectivity index (χ2v) is 3.59. The van der Waals surface area contributed by atoms with Gasteiger partial charge in [0.25, 0.3) is 0 Å². The maximum absolute atomic E-state index is 11.2. The van der Waals surface area contributed by atoms with E-state index in [0.29, 0.717) is 15.6 Å². The van der Waals surface area contributed by atoms with E-state index in [1.165, 1.54) is 7.11 Å². The fraction of sp³-hybridized carbons (Fsp3) is 0.222. The number of hydrogen-bond donors (Lipinski definition) is 1. The van der Waals surface area contributed by atoms with Crippen molar-refractivity contribution in [3.63, 3.8) is 0 Å². The van der Waals surface area contributed by atoms with Gasteiger partial charge in [0.2, 0.25) is 6.04 Å². The Bertz CT molecular complexity index is 355. The van der Waals surface area contributed by atoms with E-state index in [4.69, 9.17) is 23.2 Å². The minimum atomic E-state index is -0.621. The van der Waals surface area contributed by atoms with Gasteiger partial charge in [0.15, 0.2) is 0 Å². The summed E-state index contributed by atoms with van der Waals surface area (Å²) in [6, 6.07) is 4.27. The lowest BCUT2D eigenvalue weighted by molar-refractivity contribution is -0.414. The molecule has 3 nitrogen and oxygen atoms in total. The molecule has 0 spiro atoms. The first-order valence-electron chi connectivity index (χ1n) is 3.92. The molecule has 0 aliphatic heterocycles.